The van der Waals surface area contributed by atoms with Crippen LogP contribution in [0.3, 0.4) is 0 Å². The normalized spacial score (nSPS) is 12.6. The Kier molecular flexibility index (Phi) is 6.06. The van der Waals surface area contributed by atoms with Gasteiger partial charge in [0.25, 0.3) is 5.91 Å². The molecule has 2 rings (SSSR count). The second-order valence-electron chi connectivity index (χ2n) is 6.68. The molecule has 0 saturated carbocycles. The van der Waals surface area contributed by atoms with Crippen molar-refractivity contribution in [2.75, 3.05) is 0 Å². The number of rotatable bonds is 6. The summed E-state index contributed by atoms with van der Waals surface area (Å²) >= 11 is 0. The summed E-state index contributed by atoms with van der Waals surface area (Å²) in [6.07, 6.45) is 5.76. The van der Waals surface area contributed by atoms with Crippen molar-refractivity contribution < 1.29 is 19.4 Å². The summed E-state index contributed by atoms with van der Waals surface area (Å²) in [5.74, 6) is -1.16. The molecule has 1 heterocycles. The van der Waals surface area contributed by atoms with Gasteiger partial charge in [0, 0.05) is 12.4 Å². The fourth-order valence-corrected chi connectivity index (χ4v) is 1.88. The Balaban J connectivity index is 2.04. The molecule has 1 aromatic carbocycles. The smallest absolute Gasteiger partial charge is 0.330 e. The number of para-hydroxylation sites is 1. The molecule has 136 valence electrons. The maximum Gasteiger partial charge on any atom is 0.330 e. The topological polar surface area (TPSA) is 101 Å². The molecule has 1 atom stereocenters. The third-order valence-corrected chi connectivity index (χ3v) is 3.18. The number of nitrogens with one attached hydrogen (secondary N) is 1. The summed E-state index contributed by atoms with van der Waals surface area (Å²) in [5.41, 5.74) is -0.0568. The van der Waals surface area contributed by atoms with E-state index in [0.717, 1.165) is 0 Å². The van der Waals surface area contributed by atoms with Crippen molar-refractivity contribution in [2.24, 2.45) is 5.41 Å². The molecule has 7 heteroatoms. The molecule has 0 bridgehead atoms. The van der Waals surface area contributed by atoms with Crippen LogP contribution < -0.4 is 10.1 Å². The van der Waals surface area contributed by atoms with Gasteiger partial charge in [0.15, 0.2) is 0 Å². The first-order chi connectivity index (χ1) is 12.2. The largest absolute Gasteiger partial charge is 0.479 e. The van der Waals surface area contributed by atoms with E-state index >= 15 is 0 Å². The number of nitrogens with zero attached hydrogens (tertiary/aromatic N) is 2. The number of ether oxygens (including phenoxy) is 1. The number of allylic oxidation sites excluding steroid dienone is 1. The van der Waals surface area contributed by atoms with Crippen molar-refractivity contribution in [3.63, 3.8) is 0 Å². The molecule has 2 aromatic rings. The summed E-state index contributed by atoms with van der Waals surface area (Å²) in [6, 6.07) is 7.94. The van der Waals surface area contributed by atoms with Crippen molar-refractivity contribution in [1.29, 1.82) is 0 Å². The first kappa shape index (κ1) is 19.1. The standard InChI is InChI=1S/C19H21N3O4/c1-19(2,3)10-9-15(17(24)25)22-16(23)13-11-20-18(21-12-13)26-14-7-5-4-6-8-14/h4-12,15H,1-3H3,(H,22,23)(H,24,25)/b10-9+/t15-/m1/s1. The van der Waals surface area contributed by atoms with Gasteiger partial charge in [0.2, 0.25) is 0 Å². The number of hydrogen-bond acceptors (Lipinski definition) is 5. The van der Waals surface area contributed by atoms with Crippen molar-refractivity contribution in [2.45, 2.75) is 26.8 Å². The minimum Gasteiger partial charge on any atom is -0.479 e. The number of carbonyl (C=O) groups is 2. The van der Waals surface area contributed by atoms with Crippen LogP contribution in [0.4, 0.5) is 0 Å². The monoisotopic (exact) mass is 355 g/mol. The Hall–Kier alpha value is -3.22. The highest BCUT2D eigenvalue weighted by Gasteiger charge is 2.19. The van der Waals surface area contributed by atoms with Gasteiger partial charge in [0.1, 0.15) is 11.8 Å². The number of aliphatic carboxylic acids is 1. The maximum atomic E-state index is 12.2. The molecular weight excluding hydrogens is 334 g/mol. The molecule has 0 spiro atoms. The lowest BCUT2D eigenvalue weighted by atomic mass is 9.95. The third kappa shape index (κ3) is 6.01. The third-order valence-electron chi connectivity index (χ3n) is 3.18. The molecule has 1 amide bonds. The zero-order valence-corrected chi connectivity index (χ0v) is 14.8. The Morgan fingerprint density at radius 3 is 2.31 bits per heavy atom. The number of carboxylic acid groups (broad SMARTS) is 1. The van der Waals surface area contributed by atoms with Crippen molar-refractivity contribution in [1.82, 2.24) is 15.3 Å². The fraction of sp³-hybridized carbons (Fsp3) is 0.263. The van der Waals surface area contributed by atoms with E-state index in [9.17, 15) is 14.7 Å². The lowest BCUT2D eigenvalue weighted by Gasteiger charge is -2.15. The van der Waals surface area contributed by atoms with Crippen LogP contribution in [0, 0.1) is 5.41 Å². The molecule has 2 N–H and O–H groups in total. The lowest BCUT2D eigenvalue weighted by Crippen LogP contribution is -2.39. The highest BCUT2D eigenvalue weighted by Crippen LogP contribution is 2.17. The van der Waals surface area contributed by atoms with E-state index in [4.69, 9.17) is 4.74 Å². The molecule has 0 unspecified atom stereocenters. The average molecular weight is 355 g/mol. The molecule has 0 aliphatic rings. The number of aromatic nitrogens is 2. The fourth-order valence-electron chi connectivity index (χ4n) is 1.88. The van der Waals surface area contributed by atoms with Crippen LogP contribution in [0.25, 0.3) is 0 Å². The highest BCUT2D eigenvalue weighted by atomic mass is 16.5. The Bertz CT molecular complexity index is 781. The van der Waals surface area contributed by atoms with Crippen LogP contribution in [0.5, 0.6) is 11.8 Å². The second kappa shape index (κ2) is 8.24. The molecule has 1 aromatic heterocycles. The number of carbonyl (C=O) groups excluding carboxylic acids is 1. The van der Waals surface area contributed by atoms with Gasteiger partial charge in [-0.1, -0.05) is 51.1 Å². The molecular formula is C19H21N3O4. The van der Waals surface area contributed by atoms with Crippen LogP contribution in [0.1, 0.15) is 31.1 Å². The summed E-state index contributed by atoms with van der Waals surface area (Å²) in [5, 5.41) is 11.7. The first-order valence-electron chi connectivity index (χ1n) is 8.02. The molecule has 0 aliphatic carbocycles. The SMILES string of the molecule is CC(C)(C)/C=C/[C@@H](NC(=O)c1cnc(Oc2ccccc2)nc1)C(=O)O. The summed E-state index contributed by atoms with van der Waals surface area (Å²) in [7, 11) is 0. The molecule has 0 aliphatic heterocycles. The van der Waals surface area contributed by atoms with E-state index in [1.807, 2.05) is 39.0 Å². The number of carboxylic acids is 1. The van der Waals surface area contributed by atoms with Crippen molar-refractivity contribution in [3.8, 4) is 11.8 Å². The summed E-state index contributed by atoms with van der Waals surface area (Å²) in [6.45, 7) is 5.80. The predicted molar refractivity (Wildman–Crippen MR) is 96.0 cm³/mol. The minimum atomic E-state index is -1.15. The zero-order valence-electron chi connectivity index (χ0n) is 14.8. The molecule has 0 saturated heterocycles. The van der Waals surface area contributed by atoms with Crippen LogP contribution in [-0.2, 0) is 4.79 Å². The Morgan fingerprint density at radius 2 is 1.77 bits per heavy atom. The molecule has 26 heavy (non-hydrogen) atoms. The maximum absolute atomic E-state index is 12.2. The van der Waals surface area contributed by atoms with E-state index in [2.05, 4.69) is 15.3 Å². The molecule has 7 nitrogen and oxygen atoms in total. The first-order valence-corrected chi connectivity index (χ1v) is 8.02. The van der Waals surface area contributed by atoms with E-state index in [0.29, 0.717) is 5.75 Å². The average Bonchev–Trinajstić information content (AvgIpc) is 2.59. The van der Waals surface area contributed by atoms with Crippen LogP contribution >= 0.6 is 0 Å². The molecule has 0 radical (unpaired) electrons. The molecule has 0 fully saturated rings. The minimum absolute atomic E-state index is 0.0927. The van der Waals surface area contributed by atoms with Gasteiger partial charge in [-0.15, -0.1) is 0 Å². The van der Waals surface area contributed by atoms with Gasteiger partial charge < -0.3 is 15.2 Å². The number of hydrogen-bond donors (Lipinski definition) is 2. The Morgan fingerprint density at radius 1 is 1.15 bits per heavy atom. The van der Waals surface area contributed by atoms with Crippen LogP contribution in [0.2, 0.25) is 0 Å². The van der Waals surface area contributed by atoms with E-state index < -0.39 is 17.9 Å². The van der Waals surface area contributed by atoms with Gasteiger partial charge in [-0.3, -0.25) is 4.79 Å². The van der Waals surface area contributed by atoms with Crippen LogP contribution in [0.15, 0.2) is 54.9 Å². The highest BCUT2D eigenvalue weighted by molar-refractivity contribution is 5.96. The van der Waals surface area contributed by atoms with Gasteiger partial charge in [-0.05, 0) is 17.5 Å². The van der Waals surface area contributed by atoms with Gasteiger partial charge in [-0.2, -0.15) is 0 Å². The lowest BCUT2D eigenvalue weighted by molar-refractivity contribution is -0.137. The quantitative estimate of drug-likeness (QED) is 0.772. The Labute approximate surface area is 151 Å². The van der Waals surface area contributed by atoms with Crippen molar-refractivity contribution in [3.05, 3.63) is 60.4 Å². The van der Waals surface area contributed by atoms with Gasteiger partial charge in [0.05, 0.1) is 5.56 Å². The van der Waals surface area contributed by atoms with E-state index in [1.165, 1.54) is 18.5 Å². The zero-order chi connectivity index (χ0) is 19.2. The van der Waals surface area contributed by atoms with Crippen LogP contribution in [-0.4, -0.2) is 33.0 Å². The number of amides is 1. The van der Waals surface area contributed by atoms with E-state index in [1.54, 1.807) is 18.2 Å². The second-order valence-corrected chi connectivity index (χ2v) is 6.68. The summed E-state index contributed by atoms with van der Waals surface area (Å²) in [4.78, 5) is 31.5. The van der Waals surface area contributed by atoms with Gasteiger partial charge >= 0.3 is 12.0 Å². The predicted octanol–water partition coefficient (Wildman–Crippen LogP) is 3.05. The van der Waals surface area contributed by atoms with Crippen molar-refractivity contribution >= 4 is 11.9 Å². The van der Waals surface area contributed by atoms with Gasteiger partial charge in [-0.25, -0.2) is 14.8 Å². The summed E-state index contributed by atoms with van der Waals surface area (Å²) < 4.78 is 5.45. The van der Waals surface area contributed by atoms with E-state index in [-0.39, 0.29) is 17.0 Å². The number of benzene rings is 1.